The van der Waals surface area contributed by atoms with Crippen LogP contribution in [0.1, 0.15) is 11.4 Å². The highest BCUT2D eigenvalue weighted by Crippen LogP contribution is 2.19. The van der Waals surface area contributed by atoms with Crippen LogP contribution in [0.15, 0.2) is 24.9 Å². The van der Waals surface area contributed by atoms with E-state index in [2.05, 4.69) is 33.5 Å². The van der Waals surface area contributed by atoms with Crippen molar-refractivity contribution in [1.29, 1.82) is 0 Å². The summed E-state index contributed by atoms with van der Waals surface area (Å²) in [5.74, 6) is 0. The maximum Gasteiger partial charge on any atom is 0.154 e. The Morgan fingerprint density at radius 3 is 2.68 bits per heavy atom. The van der Waals surface area contributed by atoms with Crippen LogP contribution in [0.2, 0.25) is 0 Å². The van der Waals surface area contributed by atoms with Crippen LogP contribution >= 0.6 is 0 Å². The van der Waals surface area contributed by atoms with Crippen LogP contribution in [-0.2, 0) is 0 Å². The maximum absolute atomic E-state index is 4.52. The van der Waals surface area contributed by atoms with Crippen LogP contribution in [0, 0.1) is 6.92 Å². The molecule has 1 aliphatic heterocycles. The molecule has 19 heavy (non-hydrogen) atoms. The van der Waals surface area contributed by atoms with E-state index in [-0.39, 0.29) is 0 Å². The first kappa shape index (κ1) is 12.2. The first-order chi connectivity index (χ1) is 9.15. The molecule has 0 atom stereocenters. The Labute approximate surface area is 113 Å². The van der Waals surface area contributed by atoms with Crippen LogP contribution in [0.4, 0.5) is 0 Å². The van der Waals surface area contributed by atoms with Gasteiger partial charge in [0, 0.05) is 26.2 Å². The van der Waals surface area contributed by atoms with Gasteiger partial charge in [0.15, 0.2) is 5.65 Å². The molecule has 0 aromatic carbocycles. The second-order valence-electron chi connectivity index (χ2n) is 5.13. The molecule has 5 nitrogen and oxygen atoms in total. The standard InChI is InChI=1S/C14H19N5/c1-11-4-5-14-15-10-13(19(14)16-11)12(2)18-8-6-17(3)7-9-18/h4-5,10H,2,6-9H2,1,3H3. The van der Waals surface area contributed by atoms with Gasteiger partial charge >= 0.3 is 0 Å². The van der Waals surface area contributed by atoms with Crippen LogP contribution in [0.3, 0.4) is 0 Å². The van der Waals surface area contributed by atoms with Gasteiger partial charge in [-0.15, -0.1) is 0 Å². The van der Waals surface area contributed by atoms with Crippen molar-refractivity contribution in [3.05, 3.63) is 36.3 Å². The van der Waals surface area contributed by atoms with E-state index in [4.69, 9.17) is 0 Å². The number of fused-ring (bicyclic) bond motifs is 1. The lowest BCUT2D eigenvalue weighted by Gasteiger charge is -2.34. The van der Waals surface area contributed by atoms with E-state index < -0.39 is 0 Å². The maximum atomic E-state index is 4.52. The molecule has 0 amide bonds. The second-order valence-corrected chi connectivity index (χ2v) is 5.13. The number of aromatic nitrogens is 3. The zero-order valence-corrected chi connectivity index (χ0v) is 11.5. The fraction of sp³-hybridized carbons (Fsp3) is 0.429. The van der Waals surface area contributed by atoms with E-state index in [0.717, 1.165) is 48.9 Å². The zero-order chi connectivity index (χ0) is 13.4. The Bertz CT molecular complexity index is 607. The molecule has 0 aliphatic carbocycles. The van der Waals surface area contributed by atoms with Crippen molar-refractivity contribution in [3.8, 4) is 0 Å². The highest BCUT2D eigenvalue weighted by Gasteiger charge is 2.18. The summed E-state index contributed by atoms with van der Waals surface area (Å²) in [6.07, 6.45) is 1.86. The predicted molar refractivity (Wildman–Crippen MR) is 75.8 cm³/mol. The summed E-state index contributed by atoms with van der Waals surface area (Å²) in [6.45, 7) is 10.4. The molecule has 0 spiro atoms. The van der Waals surface area contributed by atoms with E-state index in [1.165, 1.54) is 0 Å². The minimum absolute atomic E-state index is 0.871. The van der Waals surface area contributed by atoms with Gasteiger partial charge in [-0.05, 0) is 26.1 Å². The Hall–Kier alpha value is -1.88. The summed E-state index contributed by atoms with van der Waals surface area (Å²) in [4.78, 5) is 9.04. The van der Waals surface area contributed by atoms with Gasteiger partial charge in [-0.1, -0.05) is 6.58 Å². The first-order valence-electron chi connectivity index (χ1n) is 6.59. The summed E-state index contributed by atoms with van der Waals surface area (Å²) >= 11 is 0. The summed E-state index contributed by atoms with van der Waals surface area (Å²) < 4.78 is 1.88. The molecule has 3 heterocycles. The molecule has 1 aliphatic rings. The largest absolute Gasteiger partial charge is 0.368 e. The van der Waals surface area contributed by atoms with Crippen molar-refractivity contribution in [3.63, 3.8) is 0 Å². The van der Waals surface area contributed by atoms with E-state index in [9.17, 15) is 0 Å². The smallest absolute Gasteiger partial charge is 0.154 e. The lowest BCUT2D eigenvalue weighted by atomic mass is 10.2. The SMILES string of the molecule is C=C(c1cnc2ccc(C)nn12)N1CCN(C)CC1. The molecule has 0 saturated carbocycles. The predicted octanol–water partition coefficient (Wildman–Crippen LogP) is 1.26. The van der Waals surface area contributed by atoms with Gasteiger partial charge in [-0.25, -0.2) is 9.50 Å². The molecule has 0 bridgehead atoms. The molecular formula is C14H19N5. The third kappa shape index (κ3) is 2.21. The lowest BCUT2D eigenvalue weighted by molar-refractivity contribution is 0.207. The van der Waals surface area contributed by atoms with Crippen LogP contribution < -0.4 is 0 Å². The van der Waals surface area contributed by atoms with Gasteiger partial charge in [0.25, 0.3) is 0 Å². The van der Waals surface area contributed by atoms with E-state index in [1.807, 2.05) is 29.8 Å². The van der Waals surface area contributed by atoms with Crippen molar-refractivity contribution in [2.24, 2.45) is 0 Å². The fourth-order valence-electron chi connectivity index (χ4n) is 2.40. The Morgan fingerprint density at radius 1 is 1.21 bits per heavy atom. The second kappa shape index (κ2) is 4.66. The van der Waals surface area contributed by atoms with Crippen LogP contribution in [-0.4, -0.2) is 57.6 Å². The topological polar surface area (TPSA) is 36.7 Å². The van der Waals surface area contributed by atoms with Gasteiger partial charge in [-0.2, -0.15) is 5.10 Å². The number of likely N-dealkylation sites (N-methyl/N-ethyl adjacent to an activating group) is 1. The normalized spacial score (nSPS) is 17.1. The molecular weight excluding hydrogens is 238 g/mol. The van der Waals surface area contributed by atoms with Gasteiger partial charge in [0.2, 0.25) is 0 Å². The average Bonchev–Trinajstić information content (AvgIpc) is 2.81. The Balaban J connectivity index is 1.91. The third-order valence-electron chi connectivity index (χ3n) is 3.68. The van der Waals surface area contributed by atoms with Crippen molar-refractivity contribution in [1.82, 2.24) is 24.4 Å². The van der Waals surface area contributed by atoms with Crippen LogP contribution in [0.25, 0.3) is 11.3 Å². The molecule has 3 rings (SSSR count). The first-order valence-corrected chi connectivity index (χ1v) is 6.59. The fourth-order valence-corrected chi connectivity index (χ4v) is 2.40. The highest BCUT2D eigenvalue weighted by molar-refractivity contribution is 5.61. The molecule has 1 saturated heterocycles. The molecule has 5 heteroatoms. The number of imidazole rings is 1. The van der Waals surface area contributed by atoms with E-state index >= 15 is 0 Å². The number of hydrogen-bond acceptors (Lipinski definition) is 4. The lowest BCUT2D eigenvalue weighted by Crippen LogP contribution is -2.43. The van der Waals surface area contributed by atoms with Crippen LogP contribution in [0.5, 0.6) is 0 Å². The zero-order valence-electron chi connectivity index (χ0n) is 11.5. The Kier molecular flexibility index (Phi) is 2.98. The monoisotopic (exact) mass is 257 g/mol. The number of hydrogen-bond donors (Lipinski definition) is 0. The molecule has 0 unspecified atom stereocenters. The van der Waals surface area contributed by atoms with Gasteiger partial charge < -0.3 is 9.80 Å². The van der Waals surface area contributed by atoms with Crippen molar-refractivity contribution >= 4 is 11.3 Å². The number of piperazine rings is 1. The van der Waals surface area contributed by atoms with Gasteiger partial charge in [0.1, 0.15) is 5.69 Å². The molecule has 1 fully saturated rings. The van der Waals surface area contributed by atoms with Crippen molar-refractivity contribution in [2.45, 2.75) is 6.92 Å². The minimum Gasteiger partial charge on any atom is -0.368 e. The molecule has 0 radical (unpaired) electrons. The van der Waals surface area contributed by atoms with Gasteiger partial charge in [0.05, 0.1) is 17.6 Å². The summed E-state index contributed by atoms with van der Waals surface area (Å²) in [5, 5.41) is 4.52. The molecule has 0 N–H and O–H groups in total. The molecule has 100 valence electrons. The number of rotatable bonds is 2. The number of aryl methyl sites for hydroxylation is 1. The highest BCUT2D eigenvalue weighted by atomic mass is 15.3. The number of nitrogens with zero attached hydrogens (tertiary/aromatic N) is 5. The minimum atomic E-state index is 0.871. The van der Waals surface area contributed by atoms with Crippen molar-refractivity contribution in [2.75, 3.05) is 33.2 Å². The Morgan fingerprint density at radius 2 is 1.95 bits per heavy atom. The van der Waals surface area contributed by atoms with Gasteiger partial charge in [-0.3, -0.25) is 0 Å². The average molecular weight is 257 g/mol. The molecule has 2 aromatic rings. The summed E-state index contributed by atoms with van der Waals surface area (Å²) in [6, 6.07) is 3.97. The summed E-state index contributed by atoms with van der Waals surface area (Å²) in [7, 11) is 2.15. The van der Waals surface area contributed by atoms with Crippen molar-refractivity contribution < 1.29 is 0 Å². The van der Waals surface area contributed by atoms with E-state index in [0.29, 0.717) is 0 Å². The molecule has 2 aromatic heterocycles. The van der Waals surface area contributed by atoms with E-state index in [1.54, 1.807) is 0 Å². The summed E-state index contributed by atoms with van der Waals surface area (Å²) in [5.41, 5.74) is 3.86. The quantitative estimate of drug-likeness (QED) is 0.811. The third-order valence-corrected chi connectivity index (χ3v) is 3.68.